The fraction of sp³-hybridized carbons (Fsp3) is 0.321. The first-order chi connectivity index (χ1) is 16.1. The molecule has 0 N–H and O–H groups in total. The minimum absolute atomic E-state index is 0.230. The van der Waals surface area contributed by atoms with E-state index in [1.165, 1.54) is 24.1 Å². The highest BCUT2D eigenvalue weighted by atomic mass is 16.5. The molecule has 5 nitrogen and oxygen atoms in total. The van der Waals surface area contributed by atoms with Crippen LogP contribution in [-0.2, 0) is 17.8 Å². The molecule has 0 atom stereocenters. The van der Waals surface area contributed by atoms with Gasteiger partial charge in [0.05, 0.1) is 19.8 Å². The number of methoxy groups -OCH3 is 2. The maximum absolute atomic E-state index is 12.5. The van der Waals surface area contributed by atoms with E-state index < -0.39 is 5.97 Å². The molecule has 33 heavy (non-hydrogen) atoms. The van der Waals surface area contributed by atoms with Gasteiger partial charge in [0.25, 0.3) is 0 Å². The summed E-state index contributed by atoms with van der Waals surface area (Å²) >= 11 is 0. The second kappa shape index (κ2) is 10.9. The van der Waals surface area contributed by atoms with Crippen LogP contribution in [0.25, 0.3) is 0 Å². The van der Waals surface area contributed by atoms with Gasteiger partial charge in [0.1, 0.15) is 18.1 Å². The Bertz CT molecular complexity index is 1020. The van der Waals surface area contributed by atoms with Crippen LogP contribution in [0.2, 0.25) is 0 Å². The lowest BCUT2D eigenvalue weighted by atomic mass is 9.89. The molecule has 0 unspecified atom stereocenters. The van der Waals surface area contributed by atoms with E-state index in [0.29, 0.717) is 23.0 Å². The summed E-state index contributed by atoms with van der Waals surface area (Å²) in [6, 6.07) is 24.1. The summed E-state index contributed by atoms with van der Waals surface area (Å²) in [5.41, 5.74) is 4.04. The van der Waals surface area contributed by atoms with Crippen LogP contribution in [0.1, 0.15) is 34.3 Å². The molecule has 0 amide bonds. The fourth-order valence-electron chi connectivity index (χ4n) is 4.30. The Morgan fingerprint density at radius 1 is 0.848 bits per heavy atom. The molecule has 0 aromatic heterocycles. The lowest BCUT2D eigenvalue weighted by Gasteiger charge is -2.33. The number of benzene rings is 3. The van der Waals surface area contributed by atoms with Gasteiger partial charge in [0, 0.05) is 24.8 Å². The van der Waals surface area contributed by atoms with Crippen molar-refractivity contribution in [3.8, 4) is 11.5 Å². The van der Waals surface area contributed by atoms with E-state index in [1.54, 1.807) is 32.4 Å². The SMILES string of the molecule is COc1cc(OC)cc(C(=O)OCc2ccc(CC3CCN(c4ccccc4)CC3)cc2)c1. The van der Waals surface area contributed by atoms with Gasteiger partial charge in [-0.3, -0.25) is 0 Å². The number of ether oxygens (including phenoxy) is 3. The zero-order valence-electron chi connectivity index (χ0n) is 19.3. The highest BCUT2D eigenvalue weighted by molar-refractivity contribution is 5.90. The first-order valence-corrected chi connectivity index (χ1v) is 11.4. The van der Waals surface area contributed by atoms with Crippen molar-refractivity contribution in [2.75, 3.05) is 32.2 Å². The van der Waals surface area contributed by atoms with Gasteiger partial charge < -0.3 is 19.1 Å². The number of rotatable bonds is 8. The van der Waals surface area contributed by atoms with E-state index in [2.05, 4.69) is 47.4 Å². The van der Waals surface area contributed by atoms with Crippen molar-refractivity contribution in [3.63, 3.8) is 0 Å². The van der Waals surface area contributed by atoms with Crippen LogP contribution in [0.3, 0.4) is 0 Å². The number of carbonyl (C=O) groups excluding carboxylic acids is 1. The van der Waals surface area contributed by atoms with Gasteiger partial charge >= 0.3 is 5.97 Å². The zero-order valence-corrected chi connectivity index (χ0v) is 19.3. The lowest BCUT2D eigenvalue weighted by molar-refractivity contribution is 0.0472. The summed E-state index contributed by atoms with van der Waals surface area (Å²) < 4.78 is 15.9. The topological polar surface area (TPSA) is 48.0 Å². The summed E-state index contributed by atoms with van der Waals surface area (Å²) in [4.78, 5) is 15.0. The van der Waals surface area contributed by atoms with Gasteiger partial charge in [0.2, 0.25) is 0 Å². The maximum Gasteiger partial charge on any atom is 0.338 e. The minimum atomic E-state index is -0.401. The van der Waals surface area contributed by atoms with Crippen molar-refractivity contribution in [2.45, 2.75) is 25.9 Å². The van der Waals surface area contributed by atoms with Crippen LogP contribution < -0.4 is 14.4 Å². The Morgan fingerprint density at radius 3 is 2.06 bits per heavy atom. The molecule has 1 aliphatic rings. The van der Waals surface area contributed by atoms with E-state index in [1.807, 2.05) is 12.1 Å². The summed E-state index contributed by atoms with van der Waals surface area (Å²) in [5.74, 6) is 1.42. The average molecular weight is 446 g/mol. The van der Waals surface area contributed by atoms with Crippen LogP contribution in [0.4, 0.5) is 5.69 Å². The number of anilines is 1. The second-order valence-electron chi connectivity index (χ2n) is 8.46. The lowest BCUT2D eigenvalue weighted by Crippen LogP contribution is -2.34. The Hall–Kier alpha value is -3.47. The van der Waals surface area contributed by atoms with E-state index in [0.717, 1.165) is 25.1 Å². The van der Waals surface area contributed by atoms with Gasteiger partial charge in [-0.2, -0.15) is 0 Å². The first-order valence-electron chi connectivity index (χ1n) is 11.4. The Kier molecular flexibility index (Phi) is 7.51. The summed E-state index contributed by atoms with van der Waals surface area (Å²) in [6.45, 7) is 2.45. The summed E-state index contributed by atoms with van der Waals surface area (Å²) in [6.07, 6.45) is 3.50. The molecule has 1 heterocycles. The van der Waals surface area contributed by atoms with Crippen LogP contribution in [0.15, 0.2) is 72.8 Å². The molecule has 5 heteroatoms. The molecule has 1 fully saturated rings. The standard InChI is InChI=1S/C28H31NO4/c1-31-26-17-24(18-27(19-26)32-2)28(30)33-20-23-10-8-21(9-11-23)16-22-12-14-29(15-13-22)25-6-4-3-5-7-25/h3-11,17-19,22H,12-16,20H2,1-2H3. The van der Waals surface area contributed by atoms with Crippen LogP contribution in [0, 0.1) is 5.92 Å². The largest absolute Gasteiger partial charge is 0.497 e. The zero-order chi connectivity index (χ0) is 23.0. The molecule has 172 valence electrons. The van der Waals surface area contributed by atoms with E-state index in [4.69, 9.17) is 14.2 Å². The molecule has 0 radical (unpaired) electrons. The van der Waals surface area contributed by atoms with Crippen molar-refractivity contribution in [3.05, 3.63) is 89.5 Å². The molecule has 0 saturated carbocycles. The molecule has 3 aromatic rings. The van der Waals surface area contributed by atoms with Crippen molar-refractivity contribution in [1.29, 1.82) is 0 Å². The third kappa shape index (κ3) is 6.07. The molecule has 0 spiro atoms. The fourth-order valence-corrected chi connectivity index (χ4v) is 4.30. The van der Waals surface area contributed by atoms with Crippen LogP contribution in [0.5, 0.6) is 11.5 Å². The van der Waals surface area contributed by atoms with E-state index in [9.17, 15) is 4.79 Å². The van der Waals surface area contributed by atoms with Crippen LogP contribution >= 0.6 is 0 Å². The molecule has 3 aromatic carbocycles. The quantitative estimate of drug-likeness (QED) is 0.427. The molecule has 1 aliphatic heterocycles. The second-order valence-corrected chi connectivity index (χ2v) is 8.46. The normalized spacial score (nSPS) is 14.1. The monoisotopic (exact) mass is 445 g/mol. The van der Waals surface area contributed by atoms with Crippen molar-refractivity contribution >= 4 is 11.7 Å². The summed E-state index contributed by atoms with van der Waals surface area (Å²) in [7, 11) is 3.11. The van der Waals surface area contributed by atoms with Crippen molar-refractivity contribution in [2.24, 2.45) is 5.92 Å². The molecular formula is C28H31NO4. The molecule has 0 aliphatic carbocycles. The Labute approximate surface area is 195 Å². The van der Waals surface area contributed by atoms with Gasteiger partial charge in [-0.15, -0.1) is 0 Å². The average Bonchev–Trinajstić information content (AvgIpc) is 2.88. The van der Waals surface area contributed by atoms with E-state index >= 15 is 0 Å². The highest BCUT2D eigenvalue weighted by Gasteiger charge is 2.19. The summed E-state index contributed by atoms with van der Waals surface area (Å²) in [5, 5.41) is 0. The smallest absolute Gasteiger partial charge is 0.338 e. The number of esters is 1. The van der Waals surface area contributed by atoms with E-state index in [-0.39, 0.29) is 6.61 Å². The number of hydrogen-bond donors (Lipinski definition) is 0. The molecule has 0 bridgehead atoms. The number of nitrogens with zero attached hydrogens (tertiary/aromatic N) is 1. The minimum Gasteiger partial charge on any atom is -0.497 e. The predicted molar refractivity (Wildman–Crippen MR) is 130 cm³/mol. The number of piperidine rings is 1. The van der Waals surface area contributed by atoms with Gasteiger partial charge in [-0.25, -0.2) is 4.79 Å². The molecular weight excluding hydrogens is 414 g/mol. The molecule has 4 rings (SSSR count). The third-order valence-corrected chi connectivity index (χ3v) is 6.24. The van der Waals surface area contributed by atoms with Gasteiger partial charge in [0.15, 0.2) is 0 Å². The Morgan fingerprint density at radius 2 is 1.45 bits per heavy atom. The number of carbonyl (C=O) groups is 1. The van der Waals surface area contributed by atoms with Gasteiger partial charge in [-0.05, 0) is 60.6 Å². The van der Waals surface area contributed by atoms with Crippen molar-refractivity contribution < 1.29 is 19.0 Å². The third-order valence-electron chi connectivity index (χ3n) is 6.24. The maximum atomic E-state index is 12.5. The number of hydrogen-bond acceptors (Lipinski definition) is 5. The molecule has 1 saturated heterocycles. The Balaban J connectivity index is 1.26. The predicted octanol–water partition coefficient (Wildman–Crippen LogP) is 5.52. The first kappa shape index (κ1) is 22.7. The highest BCUT2D eigenvalue weighted by Crippen LogP contribution is 2.26. The number of para-hydroxylation sites is 1. The van der Waals surface area contributed by atoms with Gasteiger partial charge in [-0.1, -0.05) is 42.5 Å². The van der Waals surface area contributed by atoms with Crippen LogP contribution in [-0.4, -0.2) is 33.3 Å². The van der Waals surface area contributed by atoms with Crippen molar-refractivity contribution in [1.82, 2.24) is 0 Å².